The molecule has 1 aliphatic rings. The third-order valence-corrected chi connectivity index (χ3v) is 5.45. The van der Waals surface area contributed by atoms with Crippen LogP contribution in [0.1, 0.15) is 30.9 Å². The zero-order valence-electron chi connectivity index (χ0n) is 16.9. The van der Waals surface area contributed by atoms with E-state index in [2.05, 4.69) is 6.07 Å². The van der Waals surface area contributed by atoms with Crippen molar-refractivity contribution in [2.24, 2.45) is 5.73 Å². The summed E-state index contributed by atoms with van der Waals surface area (Å²) in [4.78, 5) is 12.6. The van der Waals surface area contributed by atoms with Gasteiger partial charge in [0.1, 0.15) is 29.8 Å². The van der Waals surface area contributed by atoms with Gasteiger partial charge in [0.2, 0.25) is 5.88 Å². The average molecular weight is 459 g/mol. The Labute approximate surface area is 190 Å². The van der Waals surface area contributed by atoms with Crippen LogP contribution in [0.15, 0.2) is 65.3 Å². The summed E-state index contributed by atoms with van der Waals surface area (Å²) < 4.78 is 16.5. The van der Waals surface area contributed by atoms with Gasteiger partial charge >= 0.3 is 5.97 Å². The molecule has 0 radical (unpaired) electrons. The molecule has 0 spiro atoms. The van der Waals surface area contributed by atoms with Crippen LogP contribution in [-0.2, 0) is 20.9 Å². The second-order valence-electron chi connectivity index (χ2n) is 6.68. The highest BCUT2D eigenvalue weighted by Crippen LogP contribution is 2.40. The van der Waals surface area contributed by atoms with Crippen molar-refractivity contribution in [3.05, 3.63) is 86.4 Å². The predicted molar refractivity (Wildman–Crippen MR) is 117 cm³/mol. The fraction of sp³-hybridized carbons (Fsp3) is 0.217. The number of rotatable bonds is 6. The van der Waals surface area contributed by atoms with Crippen LogP contribution >= 0.6 is 23.2 Å². The van der Waals surface area contributed by atoms with Gasteiger partial charge in [0.25, 0.3) is 0 Å². The minimum absolute atomic E-state index is 0.0489. The number of carbonyl (C=O) groups is 1. The van der Waals surface area contributed by atoms with Crippen molar-refractivity contribution in [3.63, 3.8) is 0 Å². The van der Waals surface area contributed by atoms with Crippen molar-refractivity contribution in [1.29, 1.82) is 5.26 Å². The number of benzene rings is 2. The number of nitriles is 1. The first-order chi connectivity index (χ1) is 14.9. The monoisotopic (exact) mass is 458 g/mol. The second-order valence-corrected chi connectivity index (χ2v) is 7.49. The number of nitrogens with zero attached hydrogens (tertiary/aromatic N) is 1. The van der Waals surface area contributed by atoms with Crippen LogP contribution in [0.4, 0.5) is 0 Å². The maximum atomic E-state index is 12.6. The summed E-state index contributed by atoms with van der Waals surface area (Å²) in [5.74, 6) is -0.567. The number of hydrogen-bond donors (Lipinski definition) is 1. The Balaban J connectivity index is 1.97. The maximum Gasteiger partial charge on any atom is 0.338 e. The first-order valence-electron chi connectivity index (χ1n) is 9.48. The van der Waals surface area contributed by atoms with E-state index in [1.807, 2.05) is 0 Å². The van der Waals surface area contributed by atoms with Crippen LogP contribution in [0, 0.1) is 11.3 Å². The number of esters is 1. The quantitative estimate of drug-likeness (QED) is 0.596. The predicted octanol–water partition coefficient (Wildman–Crippen LogP) is 5.22. The molecule has 6 nitrogen and oxygen atoms in total. The van der Waals surface area contributed by atoms with E-state index >= 15 is 0 Å². The van der Waals surface area contributed by atoms with Gasteiger partial charge in [-0.1, -0.05) is 41.4 Å². The third-order valence-electron chi connectivity index (χ3n) is 4.74. The molecule has 2 aromatic rings. The summed E-state index contributed by atoms with van der Waals surface area (Å²) in [5.41, 5.74) is 7.58. The lowest BCUT2D eigenvalue weighted by atomic mass is 9.83. The molecule has 0 saturated heterocycles. The number of allylic oxidation sites excluding steroid dienone is 2. The summed E-state index contributed by atoms with van der Waals surface area (Å²) in [6.45, 7) is 3.65. The van der Waals surface area contributed by atoms with E-state index in [9.17, 15) is 10.1 Å². The zero-order valence-corrected chi connectivity index (χ0v) is 18.5. The fourth-order valence-electron chi connectivity index (χ4n) is 3.30. The molecule has 0 aromatic heterocycles. The molecule has 1 unspecified atom stereocenters. The minimum atomic E-state index is -0.745. The highest BCUT2D eigenvalue weighted by molar-refractivity contribution is 6.35. The SMILES string of the molecule is CCOC(=O)C1=C(C)OC(N)=C(C#N)C1c1cccc(OCc2c(Cl)cccc2Cl)c1. The van der Waals surface area contributed by atoms with Gasteiger partial charge in [-0.3, -0.25) is 0 Å². The van der Waals surface area contributed by atoms with E-state index in [0.29, 0.717) is 26.9 Å². The van der Waals surface area contributed by atoms with E-state index in [1.54, 1.807) is 56.3 Å². The number of ether oxygens (including phenoxy) is 3. The maximum absolute atomic E-state index is 12.6. The van der Waals surface area contributed by atoms with Gasteiger partial charge in [0.15, 0.2) is 0 Å². The van der Waals surface area contributed by atoms with E-state index in [4.69, 9.17) is 43.1 Å². The van der Waals surface area contributed by atoms with Gasteiger partial charge in [-0.15, -0.1) is 0 Å². The number of nitrogens with two attached hydrogens (primary N) is 1. The summed E-state index contributed by atoms with van der Waals surface area (Å²) in [5, 5.41) is 10.7. The molecule has 8 heteroatoms. The fourth-order valence-corrected chi connectivity index (χ4v) is 3.80. The van der Waals surface area contributed by atoms with Gasteiger partial charge in [-0.2, -0.15) is 5.26 Å². The van der Waals surface area contributed by atoms with Crippen LogP contribution < -0.4 is 10.5 Å². The molecular formula is C23H20Cl2N2O4. The van der Waals surface area contributed by atoms with Crippen LogP contribution in [-0.4, -0.2) is 12.6 Å². The first kappa shape index (κ1) is 22.5. The molecule has 2 N–H and O–H groups in total. The lowest BCUT2D eigenvalue weighted by Gasteiger charge is -2.27. The molecule has 0 fully saturated rings. The van der Waals surface area contributed by atoms with E-state index in [-0.39, 0.29) is 36.0 Å². The van der Waals surface area contributed by atoms with Crippen LogP contribution in [0.25, 0.3) is 0 Å². The summed E-state index contributed by atoms with van der Waals surface area (Å²) in [7, 11) is 0. The van der Waals surface area contributed by atoms with Gasteiger partial charge in [0.05, 0.1) is 18.1 Å². The Hall–Kier alpha value is -3.14. The smallest absolute Gasteiger partial charge is 0.338 e. The lowest BCUT2D eigenvalue weighted by molar-refractivity contribution is -0.139. The number of carbonyl (C=O) groups excluding carboxylic acids is 1. The van der Waals surface area contributed by atoms with Gasteiger partial charge in [-0.05, 0) is 43.7 Å². The zero-order chi connectivity index (χ0) is 22.5. The molecule has 31 heavy (non-hydrogen) atoms. The van der Waals surface area contributed by atoms with Gasteiger partial charge in [-0.25, -0.2) is 4.79 Å². The highest BCUT2D eigenvalue weighted by atomic mass is 35.5. The summed E-state index contributed by atoms with van der Waals surface area (Å²) >= 11 is 12.4. The largest absolute Gasteiger partial charge is 0.489 e. The van der Waals surface area contributed by atoms with Gasteiger partial charge in [0, 0.05) is 15.6 Å². The molecule has 1 heterocycles. The first-order valence-corrected chi connectivity index (χ1v) is 10.2. The van der Waals surface area contributed by atoms with Crippen molar-refractivity contribution in [3.8, 4) is 11.8 Å². The molecule has 0 amide bonds. The third kappa shape index (κ3) is 4.79. The molecule has 0 aliphatic carbocycles. The topological polar surface area (TPSA) is 94.6 Å². The standard InChI is InChI=1S/C23H20Cl2N2O4/c1-3-29-23(28)20-13(2)31-22(27)16(11-26)21(20)14-6-4-7-15(10-14)30-12-17-18(24)8-5-9-19(17)25/h4-10,21H,3,12,27H2,1-2H3. The minimum Gasteiger partial charge on any atom is -0.489 e. The summed E-state index contributed by atoms with van der Waals surface area (Å²) in [6.07, 6.45) is 0. The van der Waals surface area contributed by atoms with E-state index < -0.39 is 11.9 Å². The van der Waals surface area contributed by atoms with Crippen molar-refractivity contribution in [2.75, 3.05) is 6.61 Å². The molecule has 1 aliphatic heterocycles. The van der Waals surface area contributed by atoms with Crippen LogP contribution in [0.5, 0.6) is 5.75 Å². The summed E-state index contributed by atoms with van der Waals surface area (Å²) in [6, 6.07) is 14.3. The Morgan fingerprint density at radius 2 is 1.90 bits per heavy atom. The van der Waals surface area contributed by atoms with E-state index in [1.165, 1.54) is 0 Å². The molecule has 0 bridgehead atoms. The van der Waals surface area contributed by atoms with Crippen LogP contribution in [0.2, 0.25) is 10.0 Å². The molecule has 2 aromatic carbocycles. The molecular weight excluding hydrogens is 439 g/mol. The Morgan fingerprint density at radius 1 is 1.23 bits per heavy atom. The second kappa shape index (κ2) is 9.78. The number of hydrogen-bond acceptors (Lipinski definition) is 6. The molecule has 1 atom stereocenters. The highest BCUT2D eigenvalue weighted by Gasteiger charge is 2.36. The van der Waals surface area contributed by atoms with Crippen molar-refractivity contribution >= 4 is 29.2 Å². The Morgan fingerprint density at radius 3 is 2.55 bits per heavy atom. The lowest BCUT2D eigenvalue weighted by Crippen LogP contribution is -2.25. The van der Waals surface area contributed by atoms with Crippen molar-refractivity contribution in [2.45, 2.75) is 26.4 Å². The van der Waals surface area contributed by atoms with E-state index in [0.717, 1.165) is 0 Å². The molecule has 3 rings (SSSR count). The van der Waals surface area contributed by atoms with Crippen molar-refractivity contribution in [1.82, 2.24) is 0 Å². The van der Waals surface area contributed by atoms with Crippen LogP contribution in [0.3, 0.4) is 0 Å². The Kier molecular flexibility index (Phi) is 7.11. The normalized spacial score (nSPS) is 15.9. The molecule has 160 valence electrons. The van der Waals surface area contributed by atoms with Crippen molar-refractivity contribution < 1.29 is 19.0 Å². The Bertz CT molecular complexity index is 1100. The number of halogens is 2. The molecule has 0 saturated carbocycles. The average Bonchev–Trinajstić information content (AvgIpc) is 2.73. The van der Waals surface area contributed by atoms with Gasteiger partial charge < -0.3 is 19.9 Å².